The summed E-state index contributed by atoms with van der Waals surface area (Å²) in [4.78, 5) is 0. The zero-order valence-electron chi connectivity index (χ0n) is 5.48. The summed E-state index contributed by atoms with van der Waals surface area (Å²) in [5, 5.41) is 0. The largest absolute Gasteiger partial charge is 0.480 e. The number of rotatable bonds is 3. The van der Waals surface area contributed by atoms with E-state index in [0.29, 0.717) is 12.5 Å². The highest BCUT2D eigenvalue weighted by molar-refractivity contribution is 4.84. The molecular weight excluding hydrogens is 102 g/mol. The first-order valence-electron chi connectivity index (χ1n) is 2.89. The van der Waals surface area contributed by atoms with Crippen molar-refractivity contribution in [3.63, 3.8) is 0 Å². The normalized spacial score (nSPS) is 11.5. The molecule has 0 saturated carbocycles. The SMILES string of the molecule is CC/C=C(\N)OCC. The van der Waals surface area contributed by atoms with Crippen molar-refractivity contribution in [2.45, 2.75) is 20.3 Å². The highest BCUT2D eigenvalue weighted by Crippen LogP contribution is 1.88. The molecule has 0 aliphatic carbocycles. The molecule has 48 valence electrons. The first kappa shape index (κ1) is 7.34. The van der Waals surface area contributed by atoms with Gasteiger partial charge in [0.1, 0.15) is 0 Å². The quantitative estimate of drug-likeness (QED) is 0.561. The van der Waals surface area contributed by atoms with Crippen LogP contribution < -0.4 is 5.73 Å². The van der Waals surface area contributed by atoms with Gasteiger partial charge in [0.2, 0.25) is 0 Å². The lowest BCUT2D eigenvalue weighted by Crippen LogP contribution is -2.01. The highest BCUT2D eigenvalue weighted by Gasteiger charge is 1.81. The molecule has 0 spiro atoms. The molecule has 2 heteroatoms. The van der Waals surface area contributed by atoms with E-state index in [4.69, 9.17) is 10.5 Å². The van der Waals surface area contributed by atoms with Crippen molar-refractivity contribution in [2.24, 2.45) is 5.73 Å². The molecule has 0 unspecified atom stereocenters. The molecular formula is C6H13NO. The van der Waals surface area contributed by atoms with Crippen molar-refractivity contribution in [3.8, 4) is 0 Å². The smallest absolute Gasteiger partial charge is 0.179 e. The molecule has 0 aliphatic heterocycles. The van der Waals surface area contributed by atoms with Gasteiger partial charge in [0.25, 0.3) is 0 Å². The van der Waals surface area contributed by atoms with Gasteiger partial charge in [0.05, 0.1) is 6.61 Å². The molecule has 0 bridgehead atoms. The minimum absolute atomic E-state index is 0.537. The second kappa shape index (κ2) is 4.50. The van der Waals surface area contributed by atoms with Gasteiger partial charge in [-0.25, -0.2) is 0 Å². The van der Waals surface area contributed by atoms with Crippen molar-refractivity contribution in [1.29, 1.82) is 0 Å². The highest BCUT2D eigenvalue weighted by atomic mass is 16.5. The topological polar surface area (TPSA) is 35.2 Å². The Hall–Kier alpha value is -0.660. The molecule has 0 aromatic rings. The predicted molar refractivity (Wildman–Crippen MR) is 34.2 cm³/mol. The lowest BCUT2D eigenvalue weighted by atomic mass is 10.5. The van der Waals surface area contributed by atoms with Crippen LogP contribution in [0.25, 0.3) is 0 Å². The second-order valence-electron chi connectivity index (χ2n) is 1.45. The third-order valence-corrected chi connectivity index (χ3v) is 0.716. The van der Waals surface area contributed by atoms with Gasteiger partial charge < -0.3 is 10.5 Å². The molecule has 0 amide bonds. The van der Waals surface area contributed by atoms with Gasteiger partial charge >= 0.3 is 0 Å². The number of hydrogen-bond acceptors (Lipinski definition) is 2. The fraction of sp³-hybridized carbons (Fsp3) is 0.667. The molecule has 8 heavy (non-hydrogen) atoms. The van der Waals surface area contributed by atoms with Crippen LogP contribution in [0.15, 0.2) is 12.0 Å². The average molecular weight is 115 g/mol. The van der Waals surface area contributed by atoms with Crippen LogP contribution in [0.5, 0.6) is 0 Å². The fourth-order valence-corrected chi connectivity index (χ4v) is 0.427. The van der Waals surface area contributed by atoms with E-state index in [9.17, 15) is 0 Å². The summed E-state index contributed by atoms with van der Waals surface area (Å²) in [6.45, 7) is 4.59. The van der Waals surface area contributed by atoms with Crippen molar-refractivity contribution in [3.05, 3.63) is 12.0 Å². The summed E-state index contributed by atoms with van der Waals surface area (Å²) in [6.07, 6.45) is 2.79. The Morgan fingerprint density at radius 1 is 1.62 bits per heavy atom. The molecule has 0 radical (unpaired) electrons. The first-order valence-corrected chi connectivity index (χ1v) is 2.89. The van der Waals surface area contributed by atoms with E-state index in [0.717, 1.165) is 6.42 Å². The summed E-state index contributed by atoms with van der Waals surface area (Å²) in [5.41, 5.74) is 5.33. The predicted octanol–water partition coefficient (Wildman–Crippen LogP) is 1.23. The summed E-state index contributed by atoms with van der Waals surface area (Å²) >= 11 is 0. The monoisotopic (exact) mass is 115 g/mol. The zero-order chi connectivity index (χ0) is 6.41. The Morgan fingerprint density at radius 2 is 2.25 bits per heavy atom. The third kappa shape index (κ3) is 3.53. The van der Waals surface area contributed by atoms with Crippen molar-refractivity contribution in [1.82, 2.24) is 0 Å². The third-order valence-electron chi connectivity index (χ3n) is 0.716. The van der Waals surface area contributed by atoms with Crippen molar-refractivity contribution < 1.29 is 4.74 Å². The van der Waals surface area contributed by atoms with Gasteiger partial charge in [0.15, 0.2) is 5.88 Å². The summed E-state index contributed by atoms with van der Waals surface area (Å²) in [7, 11) is 0. The maximum Gasteiger partial charge on any atom is 0.179 e. The number of hydrogen-bond donors (Lipinski definition) is 1. The van der Waals surface area contributed by atoms with Crippen LogP contribution in [-0.2, 0) is 4.74 Å². The van der Waals surface area contributed by atoms with Crippen LogP contribution in [0.3, 0.4) is 0 Å². The van der Waals surface area contributed by atoms with Gasteiger partial charge in [-0.1, -0.05) is 6.92 Å². The van der Waals surface area contributed by atoms with Gasteiger partial charge in [-0.3, -0.25) is 0 Å². The second-order valence-corrected chi connectivity index (χ2v) is 1.45. The Labute approximate surface area is 50.3 Å². The van der Waals surface area contributed by atoms with Crippen LogP contribution in [0.1, 0.15) is 20.3 Å². The Morgan fingerprint density at radius 3 is 2.62 bits per heavy atom. The van der Waals surface area contributed by atoms with E-state index < -0.39 is 0 Å². The summed E-state index contributed by atoms with van der Waals surface area (Å²) in [5.74, 6) is 0.537. The standard InChI is InChI=1S/C6H13NO/c1-3-5-6(7)8-4-2/h5H,3-4,7H2,1-2H3/b6-5+. The van der Waals surface area contributed by atoms with E-state index in [1.807, 2.05) is 19.9 Å². The summed E-state index contributed by atoms with van der Waals surface area (Å²) in [6, 6.07) is 0. The number of ether oxygens (including phenoxy) is 1. The molecule has 0 fully saturated rings. The molecule has 0 aromatic carbocycles. The zero-order valence-corrected chi connectivity index (χ0v) is 5.48. The van der Waals surface area contributed by atoms with Gasteiger partial charge in [-0.2, -0.15) is 0 Å². The maximum atomic E-state index is 5.33. The maximum absolute atomic E-state index is 5.33. The van der Waals surface area contributed by atoms with Gasteiger partial charge in [-0.05, 0) is 19.4 Å². The Kier molecular flexibility index (Phi) is 4.13. The van der Waals surface area contributed by atoms with Crippen molar-refractivity contribution in [2.75, 3.05) is 6.61 Å². The number of allylic oxidation sites excluding steroid dienone is 1. The van der Waals surface area contributed by atoms with Crippen LogP contribution in [0, 0.1) is 0 Å². The molecule has 0 aliphatic rings. The molecule has 0 saturated heterocycles. The number of nitrogens with two attached hydrogens (primary N) is 1. The lowest BCUT2D eigenvalue weighted by molar-refractivity contribution is 0.225. The van der Waals surface area contributed by atoms with Gasteiger partial charge in [-0.15, -0.1) is 0 Å². The molecule has 2 nitrogen and oxygen atoms in total. The molecule has 0 rings (SSSR count). The van der Waals surface area contributed by atoms with Crippen molar-refractivity contribution >= 4 is 0 Å². The molecule has 2 N–H and O–H groups in total. The van der Waals surface area contributed by atoms with E-state index in [-0.39, 0.29) is 0 Å². The fourth-order valence-electron chi connectivity index (χ4n) is 0.427. The van der Waals surface area contributed by atoms with E-state index in [2.05, 4.69) is 0 Å². The Balaban J connectivity index is 3.29. The molecule has 0 aromatic heterocycles. The van der Waals surface area contributed by atoms with Crippen LogP contribution in [-0.4, -0.2) is 6.61 Å². The minimum Gasteiger partial charge on any atom is -0.480 e. The van der Waals surface area contributed by atoms with Gasteiger partial charge in [0, 0.05) is 0 Å². The van der Waals surface area contributed by atoms with Crippen LogP contribution >= 0.6 is 0 Å². The van der Waals surface area contributed by atoms with E-state index in [1.54, 1.807) is 0 Å². The van der Waals surface area contributed by atoms with E-state index >= 15 is 0 Å². The summed E-state index contributed by atoms with van der Waals surface area (Å²) < 4.78 is 4.92. The van der Waals surface area contributed by atoms with E-state index in [1.165, 1.54) is 0 Å². The molecule has 0 atom stereocenters. The first-order chi connectivity index (χ1) is 3.81. The van der Waals surface area contributed by atoms with Crippen LogP contribution in [0.2, 0.25) is 0 Å². The molecule has 0 heterocycles. The lowest BCUT2D eigenvalue weighted by Gasteiger charge is -1.99. The Bertz CT molecular complexity index is 78.6. The van der Waals surface area contributed by atoms with Crippen LogP contribution in [0.4, 0.5) is 0 Å². The average Bonchev–Trinajstić information content (AvgIpc) is 1.68. The minimum atomic E-state index is 0.537.